The summed E-state index contributed by atoms with van der Waals surface area (Å²) in [6.07, 6.45) is 7.56. The third-order valence-corrected chi connectivity index (χ3v) is 6.42. The molecular formula is C21H26N7O5P. The summed E-state index contributed by atoms with van der Waals surface area (Å²) in [5, 5.41) is 1.33. The summed E-state index contributed by atoms with van der Waals surface area (Å²) in [7, 11) is -2.73. The number of imidazole rings is 1. The Morgan fingerprint density at radius 2 is 2.03 bits per heavy atom. The molecule has 3 aromatic rings. The molecule has 4 N–H and O–H groups in total. The lowest BCUT2D eigenvalue weighted by molar-refractivity contribution is -0.138. The van der Waals surface area contributed by atoms with Crippen LogP contribution in [0.25, 0.3) is 11.2 Å². The topological polar surface area (TPSA) is 161 Å². The molecule has 13 heteroatoms. The molecule has 0 amide bonds. The second-order valence-corrected chi connectivity index (χ2v) is 9.32. The van der Waals surface area contributed by atoms with Gasteiger partial charge in [0.1, 0.15) is 11.8 Å². The Morgan fingerprint density at radius 1 is 1.26 bits per heavy atom. The number of aromatic nitrogens is 4. The number of hydroxylamine groups is 1. The van der Waals surface area contributed by atoms with Crippen LogP contribution in [0.3, 0.4) is 0 Å². The monoisotopic (exact) mass is 487 g/mol. The SMILES string of the molecule is CON(c1ccccc1)[C@@H](C)C(=O)OP(N)(=O)OC[C@H]1C=C[C@@H](n2cnc3c(N)ncnc32)C1. The molecule has 2 aromatic heterocycles. The Bertz CT molecular complexity index is 1230. The van der Waals surface area contributed by atoms with E-state index in [4.69, 9.17) is 25.1 Å². The van der Waals surface area contributed by atoms with E-state index in [1.807, 2.05) is 22.8 Å². The van der Waals surface area contributed by atoms with Gasteiger partial charge in [0.15, 0.2) is 17.5 Å². The maximum atomic E-state index is 12.6. The van der Waals surface area contributed by atoms with Crippen molar-refractivity contribution in [1.82, 2.24) is 19.5 Å². The van der Waals surface area contributed by atoms with Gasteiger partial charge in [-0.1, -0.05) is 30.4 Å². The minimum absolute atomic E-state index is 0.0128. The zero-order valence-corrected chi connectivity index (χ0v) is 19.6. The number of nitrogen functional groups attached to an aromatic ring is 1. The van der Waals surface area contributed by atoms with E-state index in [2.05, 4.69) is 15.0 Å². The highest BCUT2D eigenvalue weighted by molar-refractivity contribution is 7.51. The molecule has 1 aliphatic rings. The maximum absolute atomic E-state index is 12.6. The van der Waals surface area contributed by atoms with Gasteiger partial charge in [0, 0.05) is 5.92 Å². The van der Waals surface area contributed by atoms with Crippen molar-refractivity contribution in [2.24, 2.45) is 11.4 Å². The van der Waals surface area contributed by atoms with Crippen molar-refractivity contribution in [3.63, 3.8) is 0 Å². The van der Waals surface area contributed by atoms with Crippen LogP contribution >= 0.6 is 7.75 Å². The number of rotatable bonds is 9. The molecule has 0 saturated carbocycles. The first-order valence-corrected chi connectivity index (χ1v) is 12.2. The first-order valence-electron chi connectivity index (χ1n) is 10.6. The Balaban J connectivity index is 1.32. The Kier molecular flexibility index (Phi) is 6.94. The third-order valence-electron chi connectivity index (χ3n) is 5.48. The highest BCUT2D eigenvalue weighted by atomic mass is 31.2. The maximum Gasteiger partial charge on any atom is 0.458 e. The number of anilines is 2. The summed E-state index contributed by atoms with van der Waals surface area (Å²) in [6, 6.07) is 8.00. The van der Waals surface area contributed by atoms with Crippen molar-refractivity contribution in [2.75, 3.05) is 24.5 Å². The highest BCUT2D eigenvalue weighted by Crippen LogP contribution is 2.42. The lowest BCUT2D eigenvalue weighted by Crippen LogP contribution is -2.39. The molecular weight excluding hydrogens is 461 g/mol. The van der Waals surface area contributed by atoms with E-state index in [1.165, 1.54) is 18.5 Å². The fraction of sp³-hybridized carbons (Fsp3) is 0.333. The summed E-state index contributed by atoms with van der Waals surface area (Å²) in [5.74, 6) is -0.627. The Hall–Kier alpha value is -3.31. The van der Waals surface area contributed by atoms with Gasteiger partial charge in [-0.3, -0.25) is 9.36 Å². The van der Waals surface area contributed by atoms with Gasteiger partial charge in [-0.05, 0) is 25.5 Å². The van der Waals surface area contributed by atoms with Crippen LogP contribution in [0.5, 0.6) is 0 Å². The second kappa shape index (κ2) is 9.90. The first-order chi connectivity index (χ1) is 16.3. The van der Waals surface area contributed by atoms with E-state index >= 15 is 0 Å². The molecule has 4 rings (SSSR count). The van der Waals surface area contributed by atoms with Gasteiger partial charge in [0.2, 0.25) is 0 Å². The quantitative estimate of drug-likeness (QED) is 0.259. The number of nitrogens with zero attached hydrogens (tertiary/aromatic N) is 5. The molecule has 0 aliphatic heterocycles. The lowest BCUT2D eigenvalue weighted by Gasteiger charge is -2.27. The predicted molar refractivity (Wildman–Crippen MR) is 125 cm³/mol. The van der Waals surface area contributed by atoms with Crippen molar-refractivity contribution in [3.8, 4) is 0 Å². The van der Waals surface area contributed by atoms with Gasteiger partial charge in [0.05, 0.1) is 31.8 Å². The molecule has 2 heterocycles. The molecule has 180 valence electrons. The van der Waals surface area contributed by atoms with Crippen LogP contribution in [-0.2, 0) is 23.2 Å². The van der Waals surface area contributed by atoms with Gasteiger partial charge < -0.3 is 14.8 Å². The third kappa shape index (κ3) is 5.10. The van der Waals surface area contributed by atoms with Crippen LogP contribution < -0.4 is 16.3 Å². The van der Waals surface area contributed by atoms with E-state index < -0.39 is 19.8 Å². The molecule has 12 nitrogen and oxygen atoms in total. The van der Waals surface area contributed by atoms with Crippen LogP contribution in [0.2, 0.25) is 0 Å². The normalized spacial score (nSPS) is 20.2. The molecule has 1 aliphatic carbocycles. The van der Waals surface area contributed by atoms with Crippen molar-refractivity contribution in [1.29, 1.82) is 0 Å². The Labute approximate surface area is 196 Å². The van der Waals surface area contributed by atoms with E-state index in [1.54, 1.807) is 37.5 Å². The number of hydrogen-bond acceptors (Lipinski definition) is 10. The summed E-state index contributed by atoms with van der Waals surface area (Å²) in [4.78, 5) is 30.3. The molecule has 4 atom stereocenters. The van der Waals surface area contributed by atoms with Gasteiger partial charge in [-0.2, -0.15) is 0 Å². The molecule has 34 heavy (non-hydrogen) atoms. The number of benzene rings is 1. The largest absolute Gasteiger partial charge is 0.458 e. The molecule has 0 spiro atoms. The zero-order valence-electron chi connectivity index (χ0n) is 18.7. The predicted octanol–water partition coefficient (Wildman–Crippen LogP) is 2.61. The average molecular weight is 487 g/mol. The van der Waals surface area contributed by atoms with E-state index in [0.29, 0.717) is 29.1 Å². The van der Waals surface area contributed by atoms with Gasteiger partial charge >= 0.3 is 13.7 Å². The number of allylic oxidation sites excluding steroid dienone is 1. The molecule has 1 aromatic carbocycles. The Morgan fingerprint density at radius 3 is 2.76 bits per heavy atom. The van der Waals surface area contributed by atoms with E-state index in [9.17, 15) is 9.36 Å². The number of carbonyl (C=O) groups is 1. The summed E-state index contributed by atoms with van der Waals surface area (Å²) in [5.41, 5.74) is 13.3. The first kappa shape index (κ1) is 23.8. The number of carbonyl (C=O) groups excluding carboxylic acids is 1. The van der Waals surface area contributed by atoms with Crippen LogP contribution in [-0.4, -0.2) is 45.2 Å². The fourth-order valence-corrected chi connectivity index (χ4v) is 4.64. The summed E-state index contributed by atoms with van der Waals surface area (Å²) >= 11 is 0. The second-order valence-electron chi connectivity index (χ2n) is 7.80. The highest BCUT2D eigenvalue weighted by Gasteiger charge is 2.32. The van der Waals surface area contributed by atoms with Crippen LogP contribution in [0.1, 0.15) is 19.4 Å². The minimum Gasteiger partial charge on any atom is -0.382 e. The number of nitrogens with two attached hydrogens (primary N) is 2. The van der Waals surface area contributed by atoms with Crippen LogP contribution in [0, 0.1) is 5.92 Å². The summed E-state index contributed by atoms with van der Waals surface area (Å²) in [6.45, 7) is 1.56. The molecule has 0 saturated heterocycles. The number of hydrogen-bond donors (Lipinski definition) is 2. The van der Waals surface area contributed by atoms with Crippen LogP contribution in [0.15, 0.2) is 55.1 Å². The van der Waals surface area contributed by atoms with Gasteiger partial charge in [0.25, 0.3) is 0 Å². The van der Waals surface area contributed by atoms with Crippen molar-refractivity contribution >= 4 is 36.4 Å². The van der Waals surface area contributed by atoms with Crippen molar-refractivity contribution in [3.05, 3.63) is 55.1 Å². The van der Waals surface area contributed by atoms with Crippen molar-refractivity contribution < 1.29 is 23.2 Å². The standard InChI is InChI=1S/C21H26N7O5P/c1-14(28(31-2)16-6-4-3-5-7-16)21(29)33-34(23,30)32-11-15-8-9-17(10-15)27-13-26-18-19(22)24-12-25-20(18)27/h3-9,12-15,17H,10-11H2,1-2H3,(H2,23,30)(H2,22,24,25)/t14-,15-,17+,34?/m0/s1. The average Bonchev–Trinajstić information content (AvgIpc) is 3.46. The number of fused-ring (bicyclic) bond motifs is 1. The van der Waals surface area contributed by atoms with E-state index in [0.717, 1.165) is 0 Å². The van der Waals surface area contributed by atoms with E-state index in [-0.39, 0.29) is 18.6 Å². The van der Waals surface area contributed by atoms with Crippen LogP contribution in [0.4, 0.5) is 11.5 Å². The summed E-state index contributed by atoms with van der Waals surface area (Å²) < 4.78 is 24.9. The smallest absolute Gasteiger partial charge is 0.382 e. The van der Waals surface area contributed by atoms with Gasteiger partial charge in [-0.25, -0.2) is 34.9 Å². The zero-order chi connectivity index (χ0) is 24.3. The number of para-hydroxylation sites is 1. The molecule has 0 radical (unpaired) electrons. The minimum atomic E-state index is -4.14. The van der Waals surface area contributed by atoms with Crippen molar-refractivity contribution in [2.45, 2.75) is 25.4 Å². The fourth-order valence-electron chi connectivity index (χ4n) is 3.78. The molecule has 1 unspecified atom stereocenters. The lowest BCUT2D eigenvalue weighted by atomic mass is 10.1. The molecule has 0 bridgehead atoms. The molecule has 0 fully saturated rings. The van der Waals surface area contributed by atoms with Gasteiger partial charge in [-0.15, -0.1) is 0 Å².